The third-order valence-corrected chi connectivity index (χ3v) is 1.29. The molecule has 3 nitrogen and oxygen atoms in total. The lowest BCUT2D eigenvalue weighted by atomic mass is 10.6. The molecule has 1 atom stereocenters. The molecule has 60 valence electrons. The fourth-order valence-electron chi connectivity index (χ4n) is 0.455. The van der Waals surface area contributed by atoms with Gasteiger partial charge in [0.05, 0.1) is 0 Å². The van der Waals surface area contributed by atoms with Crippen molar-refractivity contribution >= 4 is 17.3 Å². The molecule has 0 saturated heterocycles. The number of rotatable bonds is 3. The predicted octanol–water partition coefficient (Wildman–Crippen LogP) is 0.463. The first-order chi connectivity index (χ1) is 4.70. The van der Waals surface area contributed by atoms with Crippen LogP contribution in [0.3, 0.4) is 0 Å². The van der Waals surface area contributed by atoms with E-state index in [0.717, 1.165) is 6.54 Å². The quantitative estimate of drug-likeness (QED) is 0.467. The first kappa shape index (κ1) is 9.65. The molecule has 0 saturated carbocycles. The average molecular weight is 162 g/mol. The Labute approximate surface area is 67.1 Å². The van der Waals surface area contributed by atoms with Gasteiger partial charge in [0.2, 0.25) is 0 Å². The van der Waals surface area contributed by atoms with Gasteiger partial charge < -0.3 is 15.4 Å². The molecule has 0 spiro atoms. The maximum absolute atomic E-state index is 4.93. The summed E-state index contributed by atoms with van der Waals surface area (Å²) >= 11 is 4.89. The number of thiocarbonyl (C=S) groups is 1. The lowest BCUT2D eigenvalue weighted by molar-refractivity contribution is 0.106. The fraction of sp³-hybridized carbons (Fsp3) is 0.833. The highest BCUT2D eigenvalue weighted by atomic mass is 32.1. The molecule has 0 aromatic rings. The number of methoxy groups -OCH3 is 1. The monoisotopic (exact) mass is 162 g/mol. The second-order valence-corrected chi connectivity index (χ2v) is 2.29. The van der Waals surface area contributed by atoms with Crippen molar-refractivity contribution in [3.63, 3.8) is 0 Å². The van der Waals surface area contributed by atoms with Gasteiger partial charge in [-0.2, -0.15) is 0 Å². The second kappa shape index (κ2) is 5.44. The van der Waals surface area contributed by atoms with Gasteiger partial charge in [-0.05, 0) is 26.1 Å². The Hall–Kier alpha value is -0.350. The van der Waals surface area contributed by atoms with E-state index >= 15 is 0 Å². The van der Waals surface area contributed by atoms with E-state index in [1.165, 1.54) is 0 Å². The molecule has 0 fully saturated rings. The minimum absolute atomic E-state index is 0.0217. The molecule has 0 bridgehead atoms. The molecule has 10 heavy (non-hydrogen) atoms. The Balaban J connectivity index is 3.37. The zero-order valence-corrected chi connectivity index (χ0v) is 7.42. The largest absolute Gasteiger partial charge is 0.363 e. The minimum atomic E-state index is -0.0217. The molecule has 1 unspecified atom stereocenters. The molecule has 2 N–H and O–H groups in total. The third-order valence-electron chi connectivity index (χ3n) is 1.03. The van der Waals surface area contributed by atoms with Crippen LogP contribution in [0.1, 0.15) is 13.8 Å². The highest BCUT2D eigenvalue weighted by molar-refractivity contribution is 7.80. The first-order valence-corrected chi connectivity index (χ1v) is 3.68. The zero-order chi connectivity index (χ0) is 7.98. The van der Waals surface area contributed by atoms with Crippen LogP contribution >= 0.6 is 12.2 Å². The molecule has 0 aliphatic rings. The van der Waals surface area contributed by atoms with Crippen LogP contribution in [-0.2, 0) is 4.74 Å². The van der Waals surface area contributed by atoms with Crippen molar-refractivity contribution in [1.82, 2.24) is 10.6 Å². The van der Waals surface area contributed by atoms with Gasteiger partial charge in [-0.25, -0.2) is 0 Å². The van der Waals surface area contributed by atoms with Crippen molar-refractivity contribution < 1.29 is 4.74 Å². The molecular weight excluding hydrogens is 148 g/mol. The Bertz CT molecular complexity index is 108. The van der Waals surface area contributed by atoms with Crippen LogP contribution in [0.4, 0.5) is 0 Å². The average Bonchev–Trinajstić information content (AvgIpc) is 1.88. The maximum atomic E-state index is 4.93. The van der Waals surface area contributed by atoms with Gasteiger partial charge in [-0.3, -0.25) is 0 Å². The molecule has 0 heterocycles. The SMILES string of the molecule is CCNC(=S)NC(C)OC. The van der Waals surface area contributed by atoms with Crippen molar-refractivity contribution in [3.05, 3.63) is 0 Å². The number of ether oxygens (including phenoxy) is 1. The lowest BCUT2D eigenvalue weighted by Gasteiger charge is -2.13. The van der Waals surface area contributed by atoms with E-state index in [1.807, 2.05) is 13.8 Å². The van der Waals surface area contributed by atoms with Crippen LogP contribution in [0.15, 0.2) is 0 Å². The van der Waals surface area contributed by atoms with Gasteiger partial charge >= 0.3 is 0 Å². The minimum Gasteiger partial charge on any atom is -0.363 e. The molecule has 0 aliphatic heterocycles. The summed E-state index contributed by atoms with van der Waals surface area (Å²) in [6.45, 7) is 4.72. The Morgan fingerprint density at radius 2 is 2.30 bits per heavy atom. The number of hydrogen-bond acceptors (Lipinski definition) is 2. The first-order valence-electron chi connectivity index (χ1n) is 3.27. The summed E-state index contributed by atoms with van der Waals surface area (Å²) in [5, 5.41) is 6.52. The number of nitrogens with one attached hydrogen (secondary N) is 2. The van der Waals surface area contributed by atoms with Gasteiger partial charge in [0, 0.05) is 13.7 Å². The summed E-state index contributed by atoms with van der Waals surface area (Å²) < 4.78 is 4.93. The Kier molecular flexibility index (Phi) is 5.25. The van der Waals surface area contributed by atoms with E-state index < -0.39 is 0 Å². The van der Waals surface area contributed by atoms with Crippen LogP contribution in [0.5, 0.6) is 0 Å². The topological polar surface area (TPSA) is 33.3 Å². The normalized spacial score (nSPS) is 12.3. The molecular formula is C6H14N2OS. The second-order valence-electron chi connectivity index (χ2n) is 1.88. The Morgan fingerprint density at radius 1 is 1.70 bits per heavy atom. The number of hydrogen-bond donors (Lipinski definition) is 2. The Morgan fingerprint density at radius 3 is 2.70 bits per heavy atom. The molecule has 0 rings (SSSR count). The van der Waals surface area contributed by atoms with Crippen molar-refractivity contribution in [2.75, 3.05) is 13.7 Å². The van der Waals surface area contributed by atoms with Crippen LogP contribution in [0.25, 0.3) is 0 Å². The summed E-state index contributed by atoms with van der Waals surface area (Å²) in [7, 11) is 1.63. The van der Waals surface area contributed by atoms with E-state index in [4.69, 9.17) is 17.0 Å². The molecule has 0 amide bonds. The van der Waals surface area contributed by atoms with E-state index in [0.29, 0.717) is 5.11 Å². The fourth-order valence-corrected chi connectivity index (χ4v) is 0.765. The third kappa shape index (κ3) is 4.52. The molecule has 4 heteroatoms. The summed E-state index contributed by atoms with van der Waals surface area (Å²) in [4.78, 5) is 0. The smallest absolute Gasteiger partial charge is 0.168 e. The predicted molar refractivity (Wildman–Crippen MR) is 45.9 cm³/mol. The highest BCUT2D eigenvalue weighted by Crippen LogP contribution is 1.79. The van der Waals surface area contributed by atoms with E-state index in [2.05, 4.69) is 10.6 Å². The molecule has 0 aromatic carbocycles. The summed E-state index contributed by atoms with van der Waals surface area (Å²) in [6, 6.07) is 0. The van der Waals surface area contributed by atoms with Gasteiger partial charge in [0.15, 0.2) is 5.11 Å². The maximum Gasteiger partial charge on any atom is 0.168 e. The van der Waals surface area contributed by atoms with Crippen LogP contribution in [0.2, 0.25) is 0 Å². The lowest BCUT2D eigenvalue weighted by Crippen LogP contribution is -2.41. The molecule has 0 aromatic heterocycles. The van der Waals surface area contributed by atoms with Gasteiger partial charge in [0.1, 0.15) is 6.23 Å². The van der Waals surface area contributed by atoms with Gasteiger partial charge in [-0.15, -0.1) is 0 Å². The van der Waals surface area contributed by atoms with E-state index in [1.54, 1.807) is 7.11 Å². The van der Waals surface area contributed by atoms with Crippen LogP contribution < -0.4 is 10.6 Å². The van der Waals surface area contributed by atoms with Crippen LogP contribution in [-0.4, -0.2) is 25.0 Å². The van der Waals surface area contributed by atoms with Crippen molar-refractivity contribution in [3.8, 4) is 0 Å². The van der Waals surface area contributed by atoms with Crippen LogP contribution in [0, 0.1) is 0 Å². The molecule has 0 radical (unpaired) electrons. The summed E-state index contributed by atoms with van der Waals surface area (Å²) in [5.41, 5.74) is 0. The highest BCUT2D eigenvalue weighted by Gasteiger charge is 1.98. The van der Waals surface area contributed by atoms with Gasteiger partial charge in [0.25, 0.3) is 0 Å². The van der Waals surface area contributed by atoms with Crippen molar-refractivity contribution in [2.24, 2.45) is 0 Å². The standard InChI is InChI=1S/C6H14N2OS/c1-4-7-6(10)8-5(2)9-3/h5H,4H2,1-3H3,(H2,7,8,10). The summed E-state index contributed by atoms with van der Waals surface area (Å²) in [6.07, 6.45) is -0.0217. The zero-order valence-electron chi connectivity index (χ0n) is 6.60. The van der Waals surface area contributed by atoms with Gasteiger partial charge in [-0.1, -0.05) is 0 Å². The van der Waals surface area contributed by atoms with E-state index in [9.17, 15) is 0 Å². The van der Waals surface area contributed by atoms with Crippen molar-refractivity contribution in [2.45, 2.75) is 20.1 Å². The van der Waals surface area contributed by atoms with Crippen molar-refractivity contribution in [1.29, 1.82) is 0 Å². The van der Waals surface area contributed by atoms with E-state index in [-0.39, 0.29) is 6.23 Å². The summed E-state index contributed by atoms with van der Waals surface area (Å²) in [5.74, 6) is 0. The molecule has 0 aliphatic carbocycles.